The van der Waals surface area contributed by atoms with Crippen molar-refractivity contribution in [3.63, 3.8) is 0 Å². The molecule has 0 saturated heterocycles. The minimum Gasteiger partial charge on any atom is -0.324 e. The smallest absolute Gasteiger partial charge is 0.267 e. The van der Waals surface area contributed by atoms with Crippen molar-refractivity contribution in [1.29, 1.82) is 0 Å². The van der Waals surface area contributed by atoms with Crippen molar-refractivity contribution in [3.05, 3.63) is 81.6 Å². The lowest BCUT2D eigenvalue weighted by atomic mass is 10.0. The van der Waals surface area contributed by atoms with Crippen LogP contribution in [0.5, 0.6) is 0 Å². The SMILES string of the molecule is Cc1ccc(-c2ccc(=O)n([C@@H](C)C(=O)Nc3ccccc3C)n2)cc1C. The Bertz CT molecular complexity index is 1050. The number of amides is 1. The zero-order valence-electron chi connectivity index (χ0n) is 16.0. The lowest BCUT2D eigenvalue weighted by molar-refractivity contribution is -0.119. The van der Waals surface area contributed by atoms with Gasteiger partial charge in [0.05, 0.1) is 5.69 Å². The molecule has 1 N–H and O–H groups in total. The molecule has 0 spiro atoms. The number of aromatic nitrogens is 2. The van der Waals surface area contributed by atoms with Crippen LogP contribution in [-0.4, -0.2) is 15.7 Å². The molecule has 27 heavy (non-hydrogen) atoms. The largest absolute Gasteiger partial charge is 0.324 e. The number of carbonyl (C=O) groups is 1. The quantitative estimate of drug-likeness (QED) is 0.763. The standard InChI is InChI=1S/C22H23N3O2/c1-14-9-10-18(13-16(14)3)20-11-12-21(26)25(24-20)17(4)22(27)23-19-8-6-5-7-15(19)2/h5-13,17H,1-4H3,(H,23,27)/t17-/m0/s1. The second-order valence-electron chi connectivity index (χ2n) is 6.78. The number of nitrogens with zero attached hydrogens (tertiary/aromatic N) is 2. The topological polar surface area (TPSA) is 64.0 Å². The summed E-state index contributed by atoms with van der Waals surface area (Å²) in [6.07, 6.45) is 0. The first-order chi connectivity index (χ1) is 12.9. The number of rotatable bonds is 4. The van der Waals surface area contributed by atoms with Crippen molar-refractivity contribution < 1.29 is 4.79 Å². The minimum absolute atomic E-state index is 0.281. The van der Waals surface area contributed by atoms with Crippen molar-refractivity contribution >= 4 is 11.6 Å². The van der Waals surface area contributed by atoms with Crippen LogP contribution in [0.3, 0.4) is 0 Å². The molecule has 0 saturated carbocycles. The fourth-order valence-electron chi connectivity index (χ4n) is 2.82. The first kappa shape index (κ1) is 18.6. The van der Waals surface area contributed by atoms with Gasteiger partial charge in [-0.1, -0.05) is 30.3 Å². The van der Waals surface area contributed by atoms with Crippen LogP contribution in [0.1, 0.15) is 29.7 Å². The highest BCUT2D eigenvalue weighted by Gasteiger charge is 2.19. The van der Waals surface area contributed by atoms with Crippen LogP contribution in [0.4, 0.5) is 5.69 Å². The Morgan fingerprint density at radius 3 is 2.41 bits per heavy atom. The van der Waals surface area contributed by atoms with Crippen molar-refractivity contribution in [3.8, 4) is 11.3 Å². The molecule has 5 nitrogen and oxygen atoms in total. The first-order valence-electron chi connectivity index (χ1n) is 8.91. The fourth-order valence-corrected chi connectivity index (χ4v) is 2.82. The number of anilines is 1. The minimum atomic E-state index is -0.733. The zero-order chi connectivity index (χ0) is 19.6. The van der Waals surface area contributed by atoms with E-state index in [2.05, 4.69) is 10.4 Å². The van der Waals surface area contributed by atoms with E-state index >= 15 is 0 Å². The molecule has 0 bridgehead atoms. The molecule has 0 radical (unpaired) electrons. The van der Waals surface area contributed by atoms with Crippen LogP contribution < -0.4 is 10.9 Å². The number of nitrogens with one attached hydrogen (secondary N) is 1. The van der Waals surface area contributed by atoms with Gasteiger partial charge in [-0.05, 0) is 62.6 Å². The molecule has 0 unspecified atom stereocenters. The average molecular weight is 361 g/mol. The van der Waals surface area contributed by atoms with E-state index in [9.17, 15) is 9.59 Å². The molecule has 2 aromatic carbocycles. The molecule has 1 aromatic heterocycles. The summed E-state index contributed by atoms with van der Waals surface area (Å²) in [6.45, 7) is 7.68. The Labute approximate surface area is 158 Å². The van der Waals surface area contributed by atoms with Crippen LogP contribution in [0, 0.1) is 20.8 Å². The van der Waals surface area contributed by atoms with E-state index < -0.39 is 6.04 Å². The molecule has 3 rings (SSSR count). The van der Waals surface area contributed by atoms with Gasteiger partial charge in [0.2, 0.25) is 5.91 Å². The second kappa shape index (κ2) is 7.58. The monoisotopic (exact) mass is 361 g/mol. The molecule has 0 fully saturated rings. The van der Waals surface area contributed by atoms with Crippen LogP contribution in [0.25, 0.3) is 11.3 Å². The molecule has 1 heterocycles. The van der Waals surface area contributed by atoms with Gasteiger partial charge in [0.25, 0.3) is 5.56 Å². The number of hydrogen-bond donors (Lipinski definition) is 1. The maximum absolute atomic E-state index is 12.7. The lowest BCUT2D eigenvalue weighted by Gasteiger charge is -2.16. The number of hydrogen-bond acceptors (Lipinski definition) is 3. The number of para-hydroxylation sites is 1. The summed E-state index contributed by atoms with van der Waals surface area (Å²) in [5.41, 5.74) is 5.30. The highest BCUT2D eigenvalue weighted by Crippen LogP contribution is 2.20. The molecule has 0 aliphatic carbocycles. The fraction of sp³-hybridized carbons (Fsp3) is 0.227. The molecular formula is C22H23N3O2. The van der Waals surface area contributed by atoms with Gasteiger partial charge in [0.15, 0.2) is 0 Å². The Morgan fingerprint density at radius 2 is 1.70 bits per heavy atom. The maximum Gasteiger partial charge on any atom is 0.267 e. The summed E-state index contributed by atoms with van der Waals surface area (Å²) in [7, 11) is 0. The third-order valence-corrected chi connectivity index (χ3v) is 4.78. The number of aryl methyl sites for hydroxylation is 3. The van der Waals surface area contributed by atoms with E-state index in [1.165, 1.54) is 16.3 Å². The van der Waals surface area contributed by atoms with E-state index in [0.717, 1.165) is 22.4 Å². The summed E-state index contributed by atoms with van der Waals surface area (Å²) in [5, 5.41) is 7.31. The summed E-state index contributed by atoms with van der Waals surface area (Å²) in [5.74, 6) is -0.281. The normalized spacial score (nSPS) is 11.9. The van der Waals surface area contributed by atoms with E-state index in [4.69, 9.17) is 0 Å². The van der Waals surface area contributed by atoms with Crippen LogP contribution in [0.2, 0.25) is 0 Å². The highest BCUT2D eigenvalue weighted by molar-refractivity contribution is 5.94. The van der Waals surface area contributed by atoms with Crippen LogP contribution in [-0.2, 0) is 4.79 Å². The molecule has 138 valence electrons. The van der Waals surface area contributed by atoms with Gasteiger partial charge >= 0.3 is 0 Å². The Hall–Kier alpha value is -3.21. The van der Waals surface area contributed by atoms with E-state index in [1.54, 1.807) is 13.0 Å². The van der Waals surface area contributed by atoms with Crippen molar-refractivity contribution in [2.75, 3.05) is 5.32 Å². The number of benzene rings is 2. The van der Waals surface area contributed by atoms with Gasteiger partial charge in [-0.15, -0.1) is 0 Å². The van der Waals surface area contributed by atoms with E-state index in [1.807, 2.05) is 63.2 Å². The van der Waals surface area contributed by atoms with Gasteiger partial charge < -0.3 is 5.32 Å². The molecule has 1 amide bonds. The lowest BCUT2D eigenvalue weighted by Crippen LogP contribution is -2.33. The summed E-state index contributed by atoms with van der Waals surface area (Å²) in [4.78, 5) is 25.0. The third kappa shape index (κ3) is 3.97. The second-order valence-corrected chi connectivity index (χ2v) is 6.78. The Balaban J connectivity index is 1.91. The molecule has 0 aliphatic heterocycles. The third-order valence-electron chi connectivity index (χ3n) is 4.78. The summed E-state index contributed by atoms with van der Waals surface area (Å²) in [6, 6.07) is 16.0. The Kier molecular flexibility index (Phi) is 5.21. The highest BCUT2D eigenvalue weighted by atomic mass is 16.2. The maximum atomic E-state index is 12.7. The van der Waals surface area contributed by atoms with Crippen LogP contribution >= 0.6 is 0 Å². The molecular weight excluding hydrogens is 338 g/mol. The summed E-state index contributed by atoms with van der Waals surface area (Å²) >= 11 is 0. The van der Waals surface area contributed by atoms with Gasteiger partial charge in [0, 0.05) is 17.3 Å². The molecule has 5 heteroatoms. The van der Waals surface area contributed by atoms with Crippen molar-refractivity contribution in [1.82, 2.24) is 9.78 Å². The Morgan fingerprint density at radius 1 is 0.963 bits per heavy atom. The van der Waals surface area contributed by atoms with Crippen molar-refractivity contribution in [2.24, 2.45) is 0 Å². The van der Waals surface area contributed by atoms with Gasteiger partial charge in [-0.2, -0.15) is 5.10 Å². The van der Waals surface area contributed by atoms with Gasteiger partial charge in [-0.3, -0.25) is 9.59 Å². The van der Waals surface area contributed by atoms with E-state index in [-0.39, 0.29) is 11.5 Å². The predicted octanol–water partition coefficient (Wildman–Crippen LogP) is 4.04. The predicted molar refractivity (Wildman–Crippen MR) is 108 cm³/mol. The molecule has 3 aromatic rings. The van der Waals surface area contributed by atoms with Crippen LogP contribution in [0.15, 0.2) is 59.4 Å². The number of carbonyl (C=O) groups excluding carboxylic acids is 1. The molecule has 0 aliphatic rings. The average Bonchev–Trinajstić information content (AvgIpc) is 2.65. The zero-order valence-corrected chi connectivity index (χ0v) is 16.0. The van der Waals surface area contributed by atoms with Crippen molar-refractivity contribution in [2.45, 2.75) is 33.7 Å². The summed E-state index contributed by atoms with van der Waals surface area (Å²) < 4.78 is 1.23. The van der Waals surface area contributed by atoms with Gasteiger partial charge in [0.1, 0.15) is 6.04 Å². The molecule has 1 atom stereocenters. The van der Waals surface area contributed by atoms with E-state index in [0.29, 0.717) is 5.69 Å². The first-order valence-corrected chi connectivity index (χ1v) is 8.91. The van der Waals surface area contributed by atoms with Gasteiger partial charge in [-0.25, -0.2) is 4.68 Å².